The highest BCUT2D eigenvalue weighted by Gasteiger charge is 2.23. The molecular formula is C14H24N2. The SMILES string of the molecule is C#CCN(CCCC1CCNC1)CC1CC1. The fourth-order valence-corrected chi connectivity index (χ4v) is 2.59. The molecule has 1 saturated carbocycles. The number of hydrogen-bond donors (Lipinski definition) is 1. The van der Waals surface area contributed by atoms with Gasteiger partial charge in [-0.1, -0.05) is 5.92 Å². The van der Waals surface area contributed by atoms with Gasteiger partial charge in [0.15, 0.2) is 0 Å². The van der Waals surface area contributed by atoms with Crippen molar-refractivity contribution in [3.05, 3.63) is 0 Å². The minimum absolute atomic E-state index is 0.847. The molecule has 1 unspecified atom stereocenters. The maximum Gasteiger partial charge on any atom is 0.0599 e. The number of hydrogen-bond acceptors (Lipinski definition) is 2. The van der Waals surface area contributed by atoms with Crippen molar-refractivity contribution in [2.24, 2.45) is 11.8 Å². The van der Waals surface area contributed by atoms with Crippen LogP contribution in [0.5, 0.6) is 0 Å². The molecule has 1 heterocycles. The molecule has 0 bridgehead atoms. The first-order valence-electron chi connectivity index (χ1n) is 6.75. The third-order valence-electron chi connectivity index (χ3n) is 3.78. The fourth-order valence-electron chi connectivity index (χ4n) is 2.59. The van der Waals surface area contributed by atoms with E-state index >= 15 is 0 Å². The molecular weight excluding hydrogens is 196 g/mol. The van der Waals surface area contributed by atoms with Gasteiger partial charge in [-0.3, -0.25) is 4.90 Å². The van der Waals surface area contributed by atoms with Crippen molar-refractivity contribution in [3.63, 3.8) is 0 Å². The molecule has 2 rings (SSSR count). The second-order valence-electron chi connectivity index (χ2n) is 5.38. The predicted octanol–water partition coefficient (Wildman–Crippen LogP) is 1.72. The molecule has 2 fully saturated rings. The van der Waals surface area contributed by atoms with Gasteiger partial charge in [-0.15, -0.1) is 6.42 Å². The van der Waals surface area contributed by atoms with Gasteiger partial charge in [-0.05, 0) is 63.6 Å². The molecule has 0 spiro atoms. The molecule has 90 valence electrons. The van der Waals surface area contributed by atoms with Gasteiger partial charge in [0.2, 0.25) is 0 Å². The van der Waals surface area contributed by atoms with Crippen LogP contribution in [0.25, 0.3) is 0 Å². The fraction of sp³-hybridized carbons (Fsp3) is 0.857. The highest BCUT2D eigenvalue weighted by molar-refractivity contribution is 4.90. The average molecular weight is 220 g/mol. The van der Waals surface area contributed by atoms with E-state index < -0.39 is 0 Å². The Kier molecular flexibility index (Phi) is 4.69. The lowest BCUT2D eigenvalue weighted by Gasteiger charge is -2.20. The Hall–Kier alpha value is -0.520. The van der Waals surface area contributed by atoms with Crippen molar-refractivity contribution in [2.75, 3.05) is 32.7 Å². The lowest BCUT2D eigenvalue weighted by molar-refractivity contribution is 0.280. The van der Waals surface area contributed by atoms with Crippen molar-refractivity contribution in [1.82, 2.24) is 10.2 Å². The Morgan fingerprint density at radius 3 is 2.75 bits per heavy atom. The molecule has 16 heavy (non-hydrogen) atoms. The quantitative estimate of drug-likeness (QED) is 0.657. The highest BCUT2D eigenvalue weighted by Crippen LogP contribution is 2.29. The standard InChI is InChI=1S/C14H24N2/c1-2-9-16(12-14-5-6-14)10-3-4-13-7-8-15-11-13/h1,13-15H,3-12H2. The summed E-state index contributed by atoms with van der Waals surface area (Å²) >= 11 is 0. The summed E-state index contributed by atoms with van der Waals surface area (Å²) < 4.78 is 0. The molecule has 0 aromatic carbocycles. The van der Waals surface area contributed by atoms with E-state index in [-0.39, 0.29) is 0 Å². The van der Waals surface area contributed by atoms with Gasteiger partial charge in [0.1, 0.15) is 0 Å². The number of rotatable bonds is 7. The molecule has 2 nitrogen and oxygen atoms in total. The van der Waals surface area contributed by atoms with Crippen molar-refractivity contribution in [2.45, 2.75) is 32.1 Å². The minimum Gasteiger partial charge on any atom is -0.316 e. The summed E-state index contributed by atoms with van der Waals surface area (Å²) in [6, 6.07) is 0. The van der Waals surface area contributed by atoms with Gasteiger partial charge in [0, 0.05) is 6.54 Å². The van der Waals surface area contributed by atoms with Gasteiger partial charge < -0.3 is 5.32 Å². The number of nitrogens with zero attached hydrogens (tertiary/aromatic N) is 1. The molecule has 0 aromatic heterocycles. The summed E-state index contributed by atoms with van der Waals surface area (Å²) in [6.07, 6.45) is 12.3. The molecule has 1 atom stereocenters. The first-order chi connectivity index (χ1) is 7.88. The molecule has 1 aliphatic heterocycles. The normalized spacial score (nSPS) is 24.9. The van der Waals surface area contributed by atoms with Crippen LogP contribution < -0.4 is 5.32 Å². The zero-order valence-corrected chi connectivity index (χ0v) is 10.3. The van der Waals surface area contributed by atoms with Crippen molar-refractivity contribution in [1.29, 1.82) is 0 Å². The van der Waals surface area contributed by atoms with Crippen molar-refractivity contribution in [3.8, 4) is 12.3 Å². The highest BCUT2D eigenvalue weighted by atomic mass is 15.1. The summed E-state index contributed by atoms with van der Waals surface area (Å²) in [4.78, 5) is 2.47. The molecule has 0 radical (unpaired) electrons. The molecule has 2 heteroatoms. The molecule has 0 aromatic rings. The third-order valence-corrected chi connectivity index (χ3v) is 3.78. The largest absolute Gasteiger partial charge is 0.316 e. The molecule has 1 N–H and O–H groups in total. The maximum absolute atomic E-state index is 5.42. The summed E-state index contributed by atoms with van der Waals surface area (Å²) in [6.45, 7) is 5.75. The lowest BCUT2D eigenvalue weighted by Crippen LogP contribution is -2.28. The number of terminal acetylenes is 1. The average Bonchev–Trinajstić information content (AvgIpc) is 2.93. The second-order valence-corrected chi connectivity index (χ2v) is 5.38. The molecule has 2 aliphatic rings. The van der Waals surface area contributed by atoms with E-state index in [0.29, 0.717) is 0 Å². The van der Waals surface area contributed by atoms with E-state index in [2.05, 4.69) is 16.1 Å². The van der Waals surface area contributed by atoms with E-state index in [1.165, 1.54) is 58.3 Å². The zero-order valence-electron chi connectivity index (χ0n) is 10.3. The van der Waals surface area contributed by atoms with E-state index in [1.54, 1.807) is 0 Å². The Morgan fingerprint density at radius 1 is 1.25 bits per heavy atom. The summed E-state index contributed by atoms with van der Waals surface area (Å²) in [5.74, 6) is 4.68. The first-order valence-corrected chi connectivity index (χ1v) is 6.75. The van der Waals surface area contributed by atoms with E-state index in [0.717, 1.165) is 18.4 Å². The predicted molar refractivity (Wildman–Crippen MR) is 68.2 cm³/mol. The Bertz CT molecular complexity index is 234. The minimum atomic E-state index is 0.847. The van der Waals surface area contributed by atoms with Crippen molar-refractivity contribution >= 4 is 0 Å². The summed E-state index contributed by atoms with van der Waals surface area (Å²) in [5.41, 5.74) is 0. The molecule has 1 saturated heterocycles. The second kappa shape index (κ2) is 6.27. The zero-order chi connectivity index (χ0) is 11.2. The summed E-state index contributed by atoms with van der Waals surface area (Å²) in [7, 11) is 0. The smallest absolute Gasteiger partial charge is 0.0599 e. The monoisotopic (exact) mass is 220 g/mol. The van der Waals surface area contributed by atoms with Crippen LogP contribution in [0.2, 0.25) is 0 Å². The van der Waals surface area contributed by atoms with Gasteiger partial charge in [0.25, 0.3) is 0 Å². The van der Waals surface area contributed by atoms with Crippen LogP contribution in [0.4, 0.5) is 0 Å². The Labute approximate surface area is 99.8 Å². The van der Waals surface area contributed by atoms with E-state index in [1.807, 2.05) is 0 Å². The van der Waals surface area contributed by atoms with Gasteiger partial charge in [-0.25, -0.2) is 0 Å². The van der Waals surface area contributed by atoms with Crippen LogP contribution in [-0.4, -0.2) is 37.6 Å². The maximum atomic E-state index is 5.42. The Morgan fingerprint density at radius 2 is 2.12 bits per heavy atom. The van der Waals surface area contributed by atoms with Gasteiger partial charge >= 0.3 is 0 Å². The van der Waals surface area contributed by atoms with Crippen LogP contribution in [0, 0.1) is 24.2 Å². The first kappa shape index (κ1) is 12.0. The topological polar surface area (TPSA) is 15.3 Å². The Balaban J connectivity index is 1.58. The van der Waals surface area contributed by atoms with Crippen LogP contribution in [0.1, 0.15) is 32.1 Å². The van der Waals surface area contributed by atoms with Crippen LogP contribution in [0.15, 0.2) is 0 Å². The van der Waals surface area contributed by atoms with Gasteiger partial charge in [0.05, 0.1) is 6.54 Å². The number of nitrogens with one attached hydrogen (secondary N) is 1. The molecule has 1 aliphatic carbocycles. The van der Waals surface area contributed by atoms with Crippen LogP contribution >= 0.6 is 0 Å². The van der Waals surface area contributed by atoms with E-state index in [9.17, 15) is 0 Å². The van der Waals surface area contributed by atoms with Crippen LogP contribution in [0.3, 0.4) is 0 Å². The molecule has 0 amide bonds. The van der Waals surface area contributed by atoms with Gasteiger partial charge in [-0.2, -0.15) is 0 Å². The summed E-state index contributed by atoms with van der Waals surface area (Å²) in [5, 5.41) is 3.43. The third kappa shape index (κ3) is 4.15. The van der Waals surface area contributed by atoms with Crippen molar-refractivity contribution < 1.29 is 0 Å². The lowest BCUT2D eigenvalue weighted by atomic mass is 10.0. The van der Waals surface area contributed by atoms with E-state index in [4.69, 9.17) is 6.42 Å². The van der Waals surface area contributed by atoms with Crippen LogP contribution in [-0.2, 0) is 0 Å².